The van der Waals surface area contributed by atoms with Gasteiger partial charge in [0.2, 0.25) is 0 Å². The van der Waals surface area contributed by atoms with E-state index in [9.17, 15) is 0 Å². The van der Waals surface area contributed by atoms with E-state index in [1.165, 1.54) is 63.0 Å². The summed E-state index contributed by atoms with van der Waals surface area (Å²) in [7, 11) is 0. The zero-order chi connectivity index (χ0) is 13.1. The molecule has 19 heavy (non-hydrogen) atoms. The van der Waals surface area contributed by atoms with Crippen LogP contribution in [0, 0.1) is 6.92 Å². The lowest BCUT2D eigenvalue weighted by atomic mass is 10.0. The number of hydrogen-bond donors (Lipinski definition) is 0. The third-order valence-electron chi connectivity index (χ3n) is 4.66. The molecule has 2 nitrogen and oxygen atoms in total. The van der Waals surface area contributed by atoms with Gasteiger partial charge in [0.15, 0.2) is 0 Å². The molecule has 1 unspecified atom stereocenters. The first-order chi connectivity index (χ1) is 9.31. The highest BCUT2D eigenvalue weighted by atomic mass is 15.2. The fourth-order valence-corrected chi connectivity index (χ4v) is 3.54. The molecule has 0 saturated carbocycles. The van der Waals surface area contributed by atoms with Crippen molar-refractivity contribution in [1.82, 2.24) is 9.80 Å². The van der Waals surface area contributed by atoms with Gasteiger partial charge >= 0.3 is 0 Å². The second kappa shape index (κ2) is 6.06. The highest BCUT2D eigenvalue weighted by Crippen LogP contribution is 2.21. The quantitative estimate of drug-likeness (QED) is 0.804. The normalized spacial score (nSPS) is 25.8. The van der Waals surface area contributed by atoms with Crippen LogP contribution in [0.5, 0.6) is 0 Å². The van der Waals surface area contributed by atoms with Crippen molar-refractivity contribution in [3.63, 3.8) is 0 Å². The fraction of sp³-hybridized carbons (Fsp3) is 0.647. The van der Waals surface area contributed by atoms with Gasteiger partial charge in [-0.2, -0.15) is 0 Å². The van der Waals surface area contributed by atoms with Crippen LogP contribution in [0.4, 0.5) is 0 Å². The third kappa shape index (κ3) is 3.37. The zero-order valence-electron chi connectivity index (χ0n) is 12.1. The molecule has 3 rings (SSSR count). The van der Waals surface area contributed by atoms with Gasteiger partial charge in [0.05, 0.1) is 0 Å². The summed E-state index contributed by atoms with van der Waals surface area (Å²) in [6.45, 7) is 8.48. The van der Waals surface area contributed by atoms with Gasteiger partial charge in [-0.3, -0.25) is 9.80 Å². The number of aryl methyl sites for hydroxylation is 1. The van der Waals surface area contributed by atoms with Gasteiger partial charge in [-0.15, -0.1) is 0 Å². The summed E-state index contributed by atoms with van der Waals surface area (Å²) < 4.78 is 0. The molecule has 2 heterocycles. The lowest BCUT2D eigenvalue weighted by molar-refractivity contribution is 0.135. The van der Waals surface area contributed by atoms with Crippen LogP contribution < -0.4 is 0 Å². The van der Waals surface area contributed by atoms with Crippen LogP contribution in [0.25, 0.3) is 0 Å². The van der Waals surface area contributed by atoms with Gasteiger partial charge in [-0.1, -0.05) is 36.2 Å². The molecule has 104 valence electrons. The Labute approximate surface area is 117 Å². The average molecular weight is 258 g/mol. The van der Waals surface area contributed by atoms with Crippen LogP contribution in [-0.4, -0.2) is 42.0 Å². The average Bonchev–Trinajstić information content (AvgIpc) is 2.63. The van der Waals surface area contributed by atoms with E-state index in [1.807, 2.05) is 0 Å². The molecule has 2 aliphatic rings. The van der Waals surface area contributed by atoms with Crippen LogP contribution in [0.2, 0.25) is 0 Å². The SMILES string of the molecule is Cc1ccc(CN2CCCN3CCCCC3C2)cc1. The summed E-state index contributed by atoms with van der Waals surface area (Å²) in [5.74, 6) is 0. The second-order valence-electron chi connectivity index (χ2n) is 6.26. The van der Waals surface area contributed by atoms with Crippen LogP contribution >= 0.6 is 0 Å². The number of rotatable bonds is 2. The summed E-state index contributed by atoms with van der Waals surface area (Å²) >= 11 is 0. The number of nitrogens with zero attached hydrogens (tertiary/aromatic N) is 2. The Hall–Kier alpha value is -0.860. The van der Waals surface area contributed by atoms with E-state index >= 15 is 0 Å². The van der Waals surface area contributed by atoms with Crippen LogP contribution in [0.1, 0.15) is 36.8 Å². The Balaban J connectivity index is 1.62. The Bertz CT molecular complexity index is 398. The molecule has 0 N–H and O–H groups in total. The van der Waals surface area contributed by atoms with Gasteiger partial charge in [0.25, 0.3) is 0 Å². The van der Waals surface area contributed by atoms with Crippen LogP contribution in [-0.2, 0) is 6.54 Å². The minimum Gasteiger partial charge on any atom is -0.299 e. The molecule has 0 bridgehead atoms. The van der Waals surface area contributed by atoms with E-state index in [0.717, 1.165) is 12.6 Å². The number of hydrogen-bond acceptors (Lipinski definition) is 2. The van der Waals surface area contributed by atoms with Crippen molar-refractivity contribution in [2.24, 2.45) is 0 Å². The molecule has 2 heteroatoms. The van der Waals surface area contributed by atoms with E-state index in [0.29, 0.717) is 0 Å². The maximum atomic E-state index is 2.73. The summed E-state index contributed by atoms with van der Waals surface area (Å²) in [4.78, 5) is 5.40. The molecule has 1 aromatic carbocycles. The van der Waals surface area contributed by atoms with Crippen LogP contribution in [0.15, 0.2) is 24.3 Å². The molecule has 2 aliphatic heterocycles. The van der Waals surface area contributed by atoms with Crippen molar-refractivity contribution in [2.75, 3.05) is 26.2 Å². The maximum Gasteiger partial charge on any atom is 0.0234 e. The number of fused-ring (bicyclic) bond motifs is 1. The van der Waals surface area contributed by atoms with Crippen molar-refractivity contribution in [1.29, 1.82) is 0 Å². The smallest absolute Gasteiger partial charge is 0.0234 e. The van der Waals surface area contributed by atoms with Gasteiger partial charge in [0, 0.05) is 19.1 Å². The highest BCUT2D eigenvalue weighted by Gasteiger charge is 2.26. The molecular weight excluding hydrogens is 232 g/mol. The van der Waals surface area contributed by atoms with Crippen LogP contribution in [0.3, 0.4) is 0 Å². The van der Waals surface area contributed by atoms with E-state index in [-0.39, 0.29) is 0 Å². The Kier molecular flexibility index (Phi) is 4.19. The molecule has 2 saturated heterocycles. The monoisotopic (exact) mass is 258 g/mol. The van der Waals surface area contributed by atoms with Gasteiger partial charge in [-0.05, 0) is 51.4 Å². The Morgan fingerprint density at radius 2 is 1.79 bits per heavy atom. The van der Waals surface area contributed by atoms with Gasteiger partial charge in [0.1, 0.15) is 0 Å². The highest BCUT2D eigenvalue weighted by molar-refractivity contribution is 5.21. The molecule has 0 radical (unpaired) electrons. The van der Waals surface area contributed by atoms with Gasteiger partial charge in [-0.25, -0.2) is 0 Å². The number of benzene rings is 1. The summed E-state index contributed by atoms with van der Waals surface area (Å²) in [6, 6.07) is 9.87. The Morgan fingerprint density at radius 1 is 1.00 bits per heavy atom. The first-order valence-electron chi connectivity index (χ1n) is 7.83. The summed E-state index contributed by atoms with van der Waals surface area (Å²) in [5, 5.41) is 0. The standard InChI is InChI=1S/C17H26N2/c1-15-6-8-16(9-7-15)13-18-10-4-12-19-11-3-2-5-17(19)14-18/h6-9,17H,2-5,10-14H2,1H3. The van der Waals surface area contributed by atoms with E-state index < -0.39 is 0 Å². The van der Waals surface area contributed by atoms with Crippen molar-refractivity contribution in [3.8, 4) is 0 Å². The van der Waals surface area contributed by atoms with E-state index in [1.54, 1.807) is 0 Å². The summed E-state index contributed by atoms with van der Waals surface area (Å²) in [6.07, 6.45) is 5.58. The predicted octanol–water partition coefficient (Wildman–Crippen LogP) is 3.06. The fourth-order valence-electron chi connectivity index (χ4n) is 3.54. The van der Waals surface area contributed by atoms with Crippen molar-refractivity contribution in [3.05, 3.63) is 35.4 Å². The van der Waals surface area contributed by atoms with Gasteiger partial charge < -0.3 is 0 Å². The topological polar surface area (TPSA) is 6.48 Å². The minimum atomic E-state index is 0.821. The molecule has 2 fully saturated rings. The second-order valence-corrected chi connectivity index (χ2v) is 6.26. The minimum absolute atomic E-state index is 0.821. The molecule has 0 amide bonds. The molecule has 0 aliphatic carbocycles. The zero-order valence-corrected chi connectivity index (χ0v) is 12.1. The molecule has 1 aromatic rings. The van der Waals surface area contributed by atoms with E-state index in [2.05, 4.69) is 41.0 Å². The summed E-state index contributed by atoms with van der Waals surface area (Å²) in [5.41, 5.74) is 2.83. The lowest BCUT2D eigenvalue weighted by Crippen LogP contribution is -2.43. The predicted molar refractivity (Wildman–Crippen MR) is 80.3 cm³/mol. The lowest BCUT2D eigenvalue weighted by Gasteiger charge is -2.35. The number of piperidine rings is 1. The molecule has 0 aromatic heterocycles. The van der Waals surface area contributed by atoms with Crippen molar-refractivity contribution < 1.29 is 0 Å². The molecule has 0 spiro atoms. The largest absolute Gasteiger partial charge is 0.299 e. The molecular formula is C17H26N2. The third-order valence-corrected chi connectivity index (χ3v) is 4.66. The molecule has 1 atom stereocenters. The maximum absolute atomic E-state index is 2.73. The van der Waals surface area contributed by atoms with E-state index in [4.69, 9.17) is 0 Å². The van der Waals surface area contributed by atoms with Crippen molar-refractivity contribution >= 4 is 0 Å². The van der Waals surface area contributed by atoms with Crippen molar-refractivity contribution in [2.45, 2.75) is 45.2 Å². The first kappa shape index (κ1) is 13.1. The Morgan fingerprint density at radius 3 is 2.63 bits per heavy atom. The first-order valence-corrected chi connectivity index (χ1v) is 7.83.